The van der Waals surface area contributed by atoms with Crippen LogP contribution < -0.4 is 15.8 Å². The Morgan fingerprint density at radius 1 is 1.21 bits per heavy atom. The van der Waals surface area contributed by atoms with Crippen molar-refractivity contribution in [2.45, 2.75) is 46.5 Å². The summed E-state index contributed by atoms with van der Waals surface area (Å²) in [7, 11) is 0. The third kappa shape index (κ3) is 5.86. The zero-order valence-electron chi connectivity index (χ0n) is 12.5. The van der Waals surface area contributed by atoms with E-state index in [0.29, 0.717) is 6.61 Å². The van der Waals surface area contributed by atoms with E-state index in [2.05, 4.69) is 19.2 Å². The highest BCUT2D eigenvalue weighted by Gasteiger charge is 2.06. The molecule has 108 valence electrons. The smallest absolute Gasteiger partial charge is 0.123 e. The average molecular weight is 264 g/mol. The molecule has 0 spiro atoms. The molecule has 1 atom stereocenters. The van der Waals surface area contributed by atoms with Crippen LogP contribution in [-0.4, -0.2) is 13.2 Å². The van der Waals surface area contributed by atoms with Crippen molar-refractivity contribution in [2.75, 3.05) is 24.2 Å². The SMILES string of the molecule is CCCCC(CC)CNc1cc(N)cc(OCC)c1. The van der Waals surface area contributed by atoms with Gasteiger partial charge in [-0.05, 0) is 25.3 Å². The average Bonchev–Trinajstić information content (AvgIpc) is 2.39. The van der Waals surface area contributed by atoms with Crippen LogP contribution >= 0.6 is 0 Å². The number of hydrogen-bond acceptors (Lipinski definition) is 3. The van der Waals surface area contributed by atoms with Gasteiger partial charge >= 0.3 is 0 Å². The molecule has 0 saturated carbocycles. The van der Waals surface area contributed by atoms with Gasteiger partial charge in [-0.15, -0.1) is 0 Å². The number of hydrogen-bond donors (Lipinski definition) is 2. The largest absolute Gasteiger partial charge is 0.494 e. The highest BCUT2D eigenvalue weighted by atomic mass is 16.5. The standard InChI is InChI=1S/C16H28N2O/c1-4-7-8-13(5-2)12-18-15-9-14(17)10-16(11-15)19-6-3/h9-11,13,18H,4-8,12,17H2,1-3H3. The van der Waals surface area contributed by atoms with Crippen LogP contribution in [0.15, 0.2) is 18.2 Å². The van der Waals surface area contributed by atoms with Gasteiger partial charge in [0.1, 0.15) is 5.75 Å². The summed E-state index contributed by atoms with van der Waals surface area (Å²) in [6.07, 6.45) is 5.08. The summed E-state index contributed by atoms with van der Waals surface area (Å²) in [6.45, 7) is 8.15. The Morgan fingerprint density at radius 2 is 2.00 bits per heavy atom. The van der Waals surface area contributed by atoms with E-state index in [9.17, 15) is 0 Å². The lowest BCUT2D eigenvalue weighted by Crippen LogP contribution is -2.13. The minimum Gasteiger partial charge on any atom is -0.494 e. The van der Waals surface area contributed by atoms with Crippen molar-refractivity contribution < 1.29 is 4.74 Å². The van der Waals surface area contributed by atoms with E-state index in [4.69, 9.17) is 10.5 Å². The maximum absolute atomic E-state index is 5.89. The molecule has 3 N–H and O–H groups in total. The first kappa shape index (κ1) is 15.7. The molecule has 3 heteroatoms. The van der Waals surface area contributed by atoms with Crippen LogP contribution in [0.4, 0.5) is 11.4 Å². The second-order valence-corrected chi connectivity index (χ2v) is 5.02. The molecule has 0 fully saturated rings. The fraction of sp³-hybridized carbons (Fsp3) is 0.625. The maximum atomic E-state index is 5.89. The first-order valence-corrected chi connectivity index (χ1v) is 7.46. The minimum absolute atomic E-state index is 0.664. The van der Waals surface area contributed by atoms with Crippen molar-refractivity contribution in [1.29, 1.82) is 0 Å². The number of nitrogens with one attached hydrogen (secondary N) is 1. The molecule has 3 nitrogen and oxygen atoms in total. The van der Waals surface area contributed by atoms with Crippen molar-refractivity contribution in [3.63, 3.8) is 0 Å². The zero-order valence-corrected chi connectivity index (χ0v) is 12.5. The highest BCUT2D eigenvalue weighted by molar-refractivity contribution is 5.59. The van der Waals surface area contributed by atoms with Crippen LogP contribution in [0.1, 0.15) is 46.5 Å². The first-order valence-electron chi connectivity index (χ1n) is 7.46. The topological polar surface area (TPSA) is 47.3 Å². The van der Waals surface area contributed by atoms with Crippen molar-refractivity contribution >= 4 is 11.4 Å². The Morgan fingerprint density at radius 3 is 2.63 bits per heavy atom. The van der Waals surface area contributed by atoms with Crippen molar-refractivity contribution in [1.82, 2.24) is 0 Å². The third-order valence-corrected chi connectivity index (χ3v) is 3.38. The number of nitrogens with two attached hydrogens (primary N) is 1. The Hall–Kier alpha value is -1.38. The highest BCUT2D eigenvalue weighted by Crippen LogP contribution is 2.23. The van der Waals surface area contributed by atoms with E-state index in [1.54, 1.807) is 0 Å². The molecule has 0 amide bonds. The number of benzene rings is 1. The molecular formula is C16H28N2O. The van der Waals surface area contributed by atoms with E-state index in [1.165, 1.54) is 25.7 Å². The van der Waals surface area contributed by atoms with Gasteiger partial charge in [0.2, 0.25) is 0 Å². The van der Waals surface area contributed by atoms with Crippen molar-refractivity contribution in [3.8, 4) is 5.75 Å². The Labute approximate surface area is 117 Å². The summed E-state index contributed by atoms with van der Waals surface area (Å²) in [4.78, 5) is 0. The number of rotatable bonds is 9. The summed E-state index contributed by atoms with van der Waals surface area (Å²) in [5.74, 6) is 1.57. The van der Waals surface area contributed by atoms with E-state index in [-0.39, 0.29) is 0 Å². The molecule has 19 heavy (non-hydrogen) atoms. The predicted octanol–water partition coefficient (Wildman–Crippen LogP) is 4.30. The molecule has 1 unspecified atom stereocenters. The van der Waals surface area contributed by atoms with E-state index in [1.807, 2.05) is 25.1 Å². The lowest BCUT2D eigenvalue weighted by Gasteiger charge is -2.17. The molecule has 0 aliphatic rings. The fourth-order valence-corrected chi connectivity index (χ4v) is 2.18. The van der Waals surface area contributed by atoms with Gasteiger partial charge in [0.15, 0.2) is 0 Å². The number of nitrogen functional groups attached to an aromatic ring is 1. The summed E-state index contributed by atoms with van der Waals surface area (Å²) in [5.41, 5.74) is 7.69. The number of anilines is 2. The van der Waals surface area contributed by atoms with Crippen LogP contribution in [0.2, 0.25) is 0 Å². The fourth-order valence-electron chi connectivity index (χ4n) is 2.18. The molecule has 0 radical (unpaired) electrons. The van der Waals surface area contributed by atoms with Crippen molar-refractivity contribution in [2.24, 2.45) is 5.92 Å². The van der Waals surface area contributed by atoms with E-state index < -0.39 is 0 Å². The number of unbranched alkanes of at least 4 members (excludes halogenated alkanes) is 1. The minimum atomic E-state index is 0.664. The molecular weight excluding hydrogens is 236 g/mol. The third-order valence-electron chi connectivity index (χ3n) is 3.38. The predicted molar refractivity (Wildman–Crippen MR) is 83.8 cm³/mol. The molecule has 1 aromatic carbocycles. The summed E-state index contributed by atoms with van der Waals surface area (Å²) in [6, 6.07) is 5.85. The van der Waals surface area contributed by atoms with Crippen LogP contribution in [0.3, 0.4) is 0 Å². The normalized spacial score (nSPS) is 12.2. The molecule has 1 rings (SSSR count). The lowest BCUT2D eigenvalue weighted by molar-refractivity contribution is 0.340. The quantitative estimate of drug-likeness (QED) is 0.654. The maximum Gasteiger partial charge on any atom is 0.123 e. The van der Waals surface area contributed by atoms with E-state index >= 15 is 0 Å². The molecule has 0 aliphatic heterocycles. The Balaban J connectivity index is 2.55. The van der Waals surface area contributed by atoms with Gasteiger partial charge in [0.05, 0.1) is 6.61 Å². The van der Waals surface area contributed by atoms with Gasteiger partial charge in [-0.25, -0.2) is 0 Å². The molecule has 0 aromatic heterocycles. The lowest BCUT2D eigenvalue weighted by atomic mass is 9.99. The van der Waals surface area contributed by atoms with Gasteiger partial charge < -0.3 is 15.8 Å². The summed E-state index contributed by atoms with van der Waals surface area (Å²) in [5, 5.41) is 3.48. The monoisotopic (exact) mass is 264 g/mol. The van der Waals surface area contributed by atoms with Gasteiger partial charge in [-0.2, -0.15) is 0 Å². The Bertz CT molecular complexity index is 366. The first-order chi connectivity index (χ1) is 9.19. The number of ether oxygens (including phenoxy) is 1. The molecule has 0 bridgehead atoms. The van der Waals surface area contributed by atoms with E-state index in [0.717, 1.165) is 29.6 Å². The van der Waals surface area contributed by atoms with Crippen molar-refractivity contribution in [3.05, 3.63) is 18.2 Å². The Kier molecular flexibility index (Phi) is 7.16. The van der Waals surface area contributed by atoms with Crippen LogP contribution in [0.25, 0.3) is 0 Å². The molecule has 1 aromatic rings. The van der Waals surface area contributed by atoms with Crippen LogP contribution in [-0.2, 0) is 0 Å². The summed E-state index contributed by atoms with van der Waals surface area (Å²) < 4.78 is 5.51. The zero-order chi connectivity index (χ0) is 14.1. The molecule has 0 aliphatic carbocycles. The van der Waals surface area contributed by atoms with Gasteiger partial charge in [-0.1, -0.05) is 33.1 Å². The van der Waals surface area contributed by atoms with Gasteiger partial charge in [0, 0.05) is 30.1 Å². The molecule has 0 heterocycles. The second kappa shape index (κ2) is 8.68. The van der Waals surface area contributed by atoms with Crippen LogP contribution in [0.5, 0.6) is 5.75 Å². The molecule has 0 saturated heterocycles. The van der Waals surface area contributed by atoms with Gasteiger partial charge in [0.25, 0.3) is 0 Å². The second-order valence-electron chi connectivity index (χ2n) is 5.02. The summed E-state index contributed by atoms with van der Waals surface area (Å²) >= 11 is 0. The van der Waals surface area contributed by atoms with Crippen LogP contribution in [0, 0.1) is 5.92 Å². The van der Waals surface area contributed by atoms with Gasteiger partial charge in [-0.3, -0.25) is 0 Å².